The third-order valence-corrected chi connectivity index (χ3v) is 4.99. The zero-order valence-corrected chi connectivity index (χ0v) is 13.9. The fourth-order valence-corrected chi connectivity index (χ4v) is 3.95. The Labute approximate surface area is 136 Å². The average molecular weight is 320 g/mol. The largest absolute Gasteiger partial charge is 0.497 e. The van der Waals surface area contributed by atoms with E-state index >= 15 is 0 Å². The number of likely N-dealkylation sites (tertiary alicyclic amines) is 2. The Kier molecular flexibility index (Phi) is 4.46. The highest BCUT2D eigenvalue weighted by atomic mass is 16.5. The number of nitrogens with zero attached hydrogens (tertiary/aromatic N) is 2. The summed E-state index contributed by atoms with van der Waals surface area (Å²) in [6.07, 6.45) is 0. The molecule has 23 heavy (non-hydrogen) atoms. The number of hydrogen-bond acceptors (Lipinski definition) is 5. The molecule has 2 aliphatic rings. The van der Waals surface area contributed by atoms with E-state index in [1.54, 1.807) is 19.2 Å². The molecule has 0 radical (unpaired) electrons. The van der Waals surface area contributed by atoms with Crippen molar-refractivity contribution in [2.24, 2.45) is 11.8 Å². The second kappa shape index (κ2) is 6.37. The second-order valence-corrected chi connectivity index (χ2v) is 6.60. The van der Waals surface area contributed by atoms with Crippen molar-refractivity contribution in [2.45, 2.75) is 6.54 Å². The van der Waals surface area contributed by atoms with Gasteiger partial charge in [-0.05, 0) is 24.9 Å². The molecule has 2 atom stereocenters. The molecule has 2 heterocycles. The number of hydrogen-bond donors (Lipinski definition) is 1. The van der Waals surface area contributed by atoms with Gasteiger partial charge in [-0.15, -0.1) is 0 Å². The second-order valence-electron chi connectivity index (χ2n) is 6.60. The van der Waals surface area contributed by atoms with E-state index in [9.17, 15) is 9.90 Å². The van der Waals surface area contributed by atoms with E-state index in [1.165, 1.54) is 7.11 Å². The molecule has 6 heteroatoms. The number of carboxylic acid groups (broad SMARTS) is 1. The highest BCUT2D eigenvalue weighted by molar-refractivity contribution is 5.91. The molecular weight excluding hydrogens is 296 g/mol. The molecule has 0 aliphatic carbocycles. The molecule has 0 spiro atoms. The highest BCUT2D eigenvalue weighted by Gasteiger charge is 2.39. The van der Waals surface area contributed by atoms with Crippen LogP contribution < -0.4 is 9.47 Å². The molecule has 0 bridgehead atoms. The summed E-state index contributed by atoms with van der Waals surface area (Å²) in [4.78, 5) is 16.4. The number of ether oxygens (including phenoxy) is 2. The Morgan fingerprint density at radius 3 is 2.35 bits per heavy atom. The van der Waals surface area contributed by atoms with Crippen LogP contribution in [0.15, 0.2) is 12.1 Å². The van der Waals surface area contributed by atoms with E-state index in [2.05, 4.69) is 16.8 Å². The normalized spacial score (nSPS) is 24.7. The third-order valence-electron chi connectivity index (χ3n) is 4.99. The van der Waals surface area contributed by atoms with Crippen molar-refractivity contribution in [2.75, 3.05) is 47.4 Å². The van der Waals surface area contributed by atoms with Crippen LogP contribution in [0, 0.1) is 11.8 Å². The van der Waals surface area contributed by atoms with Gasteiger partial charge in [0.25, 0.3) is 0 Å². The van der Waals surface area contributed by atoms with Gasteiger partial charge in [-0.3, -0.25) is 4.90 Å². The molecule has 2 fully saturated rings. The van der Waals surface area contributed by atoms with E-state index < -0.39 is 5.97 Å². The summed E-state index contributed by atoms with van der Waals surface area (Å²) < 4.78 is 10.6. The summed E-state index contributed by atoms with van der Waals surface area (Å²) in [5, 5.41) is 9.54. The first kappa shape index (κ1) is 16.1. The van der Waals surface area contributed by atoms with Crippen LogP contribution in [0.1, 0.15) is 15.9 Å². The lowest BCUT2D eigenvalue weighted by Gasteiger charge is -2.22. The first-order valence-corrected chi connectivity index (χ1v) is 7.91. The van der Waals surface area contributed by atoms with Crippen LogP contribution in [0.2, 0.25) is 0 Å². The monoisotopic (exact) mass is 320 g/mol. The molecule has 1 aromatic rings. The van der Waals surface area contributed by atoms with Gasteiger partial charge in [-0.1, -0.05) is 0 Å². The molecule has 0 aromatic heterocycles. The molecule has 2 unspecified atom stereocenters. The number of rotatable bonds is 5. The van der Waals surface area contributed by atoms with Crippen molar-refractivity contribution in [1.29, 1.82) is 0 Å². The van der Waals surface area contributed by atoms with Crippen molar-refractivity contribution in [3.05, 3.63) is 23.3 Å². The van der Waals surface area contributed by atoms with E-state index in [0.717, 1.165) is 31.7 Å². The van der Waals surface area contributed by atoms with Crippen LogP contribution in [0.5, 0.6) is 11.5 Å². The Morgan fingerprint density at radius 1 is 1.17 bits per heavy atom. The molecule has 3 rings (SSSR count). The minimum absolute atomic E-state index is 0.260. The smallest absolute Gasteiger partial charge is 0.336 e. The van der Waals surface area contributed by atoms with E-state index in [4.69, 9.17) is 9.47 Å². The SMILES string of the molecule is COc1cc(OC)c(CN2CC3CN(C)CC3C2)c(C(=O)O)c1. The van der Waals surface area contributed by atoms with Gasteiger partial charge in [0.05, 0.1) is 19.8 Å². The molecule has 2 saturated heterocycles. The average Bonchev–Trinajstić information content (AvgIpc) is 3.03. The summed E-state index contributed by atoms with van der Waals surface area (Å²) >= 11 is 0. The molecule has 1 N–H and O–H groups in total. The molecule has 6 nitrogen and oxygen atoms in total. The van der Waals surface area contributed by atoms with Gasteiger partial charge in [0.2, 0.25) is 0 Å². The number of benzene rings is 1. The number of methoxy groups -OCH3 is 2. The topological polar surface area (TPSA) is 62.2 Å². The van der Waals surface area contributed by atoms with Crippen LogP contribution in [0.3, 0.4) is 0 Å². The van der Waals surface area contributed by atoms with Gasteiger partial charge >= 0.3 is 5.97 Å². The minimum atomic E-state index is -0.948. The molecule has 2 aliphatic heterocycles. The standard InChI is InChI=1S/C17H24N2O4/c1-18-6-11-8-19(9-12(11)7-18)10-15-14(17(20)21)4-13(22-2)5-16(15)23-3/h4-5,11-12H,6-10H2,1-3H3,(H,20,21). The molecule has 0 saturated carbocycles. The zero-order valence-electron chi connectivity index (χ0n) is 13.9. The van der Waals surface area contributed by atoms with Gasteiger partial charge in [0, 0.05) is 44.4 Å². The van der Waals surface area contributed by atoms with Gasteiger partial charge < -0.3 is 19.5 Å². The van der Waals surface area contributed by atoms with Gasteiger partial charge in [-0.25, -0.2) is 4.79 Å². The number of carboxylic acids is 1. The van der Waals surface area contributed by atoms with Crippen LogP contribution in [0.4, 0.5) is 0 Å². The Morgan fingerprint density at radius 2 is 1.83 bits per heavy atom. The predicted molar refractivity (Wildman–Crippen MR) is 86.3 cm³/mol. The van der Waals surface area contributed by atoms with Gasteiger partial charge in [0.1, 0.15) is 11.5 Å². The van der Waals surface area contributed by atoms with Crippen molar-refractivity contribution in [1.82, 2.24) is 9.80 Å². The fourth-order valence-electron chi connectivity index (χ4n) is 3.95. The Hall–Kier alpha value is -1.79. The summed E-state index contributed by atoms with van der Waals surface area (Å²) in [6.45, 7) is 4.90. The van der Waals surface area contributed by atoms with Gasteiger partial charge in [-0.2, -0.15) is 0 Å². The van der Waals surface area contributed by atoms with E-state index in [-0.39, 0.29) is 5.56 Å². The van der Waals surface area contributed by atoms with E-state index in [1.807, 2.05) is 0 Å². The summed E-state index contributed by atoms with van der Waals surface area (Å²) in [6, 6.07) is 3.33. The van der Waals surface area contributed by atoms with Gasteiger partial charge in [0.15, 0.2) is 0 Å². The highest BCUT2D eigenvalue weighted by Crippen LogP contribution is 2.34. The summed E-state index contributed by atoms with van der Waals surface area (Å²) in [5.74, 6) is 1.52. The lowest BCUT2D eigenvalue weighted by atomic mass is 10.0. The summed E-state index contributed by atoms with van der Waals surface area (Å²) in [7, 11) is 5.26. The van der Waals surface area contributed by atoms with Crippen molar-refractivity contribution in [3.63, 3.8) is 0 Å². The van der Waals surface area contributed by atoms with E-state index in [0.29, 0.717) is 29.9 Å². The molecular formula is C17H24N2O4. The lowest BCUT2D eigenvalue weighted by molar-refractivity contribution is 0.0693. The maximum absolute atomic E-state index is 11.6. The molecule has 1 aromatic carbocycles. The molecule has 126 valence electrons. The Bertz CT molecular complexity index is 591. The fraction of sp³-hybridized carbons (Fsp3) is 0.588. The number of fused-ring (bicyclic) bond motifs is 1. The van der Waals surface area contributed by atoms with Crippen LogP contribution in [0.25, 0.3) is 0 Å². The lowest BCUT2D eigenvalue weighted by Crippen LogP contribution is -2.27. The minimum Gasteiger partial charge on any atom is -0.497 e. The quantitative estimate of drug-likeness (QED) is 0.885. The van der Waals surface area contributed by atoms with Crippen LogP contribution in [-0.4, -0.2) is 68.3 Å². The van der Waals surface area contributed by atoms with Crippen molar-refractivity contribution in [3.8, 4) is 11.5 Å². The maximum atomic E-state index is 11.6. The number of aromatic carboxylic acids is 1. The zero-order chi connectivity index (χ0) is 16.6. The molecule has 0 amide bonds. The van der Waals surface area contributed by atoms with Crippen molar-refractivity contribution >= 4 is 5.97 Å². The van der Waals surface area contributed by atoms with Crippen molar-refractivity contribution < 1.29 is 19.4 Å². The number of carbonyl (C=O) groups is 1. The Balaban J connectivity index is 1.83. The maximum Gasteiger partial charge on any atom is 0.336 e. The predicted octanol–water partition coefficient (Wildman–Crippen LogP) is 1.40. The summed E-state index contributed by atoms with van der Waals surface area (Å²) in [5.41, 5.74) is 0.990. The van der Waals surface area contributed by atoms with Crippen LogP contribution >= 0.6 is 0 Å². The first-order chi connectivity index (χ1) is 11.0. The third kappa shape index (κ3) is 3.14. The van der Waals surface area contributed by atoms with Crippen LogP contribution in [-0.2, 0) is 6.54 Å². The first-order valence-electron chi connectivity index (χ1n) is 7.91.